The highest BCUT2D eigenvalue weighted by molar-refractivity contribution is 5.76. The van der Waals surface area contributed by atoms with Gasteiger partial charge >= 0.3 is 0 Å². The Balaban J connectivity index is 1.51. The lowest BCUT2D eigenvalue weighted by Crippen LogP contribution is -2.26. The van der Waals surface area contributed by atoms with Gasteiger partial charge in [-0.1, -0.05) is 37.3 Å². The number of carbonyl (C=O) groups excluding carboxylic acids is 1. The second kappa shape index (κ2) is 7.39. The second-order valence-corrected chi connectivity index (χ2v) is 6.07. The van der Waals surface area contributed by atoms with E-state index in [1.807, 2.05) is 25.1 Å². The zero-order valence-electron chi connectivity index (χ0n) is 14.2. The van der Waals surface area contributed by atoms with Crippen LogP contribution in [-0.4, -0.2) is 12.7 Å². The maximum absolute atomic E-state index is 12.2. The van der Waals surface area contributed by atoms with E-state index in [0.717, 1.165) is 29.0 Å². The number of fused-ring (bicyclic) bond motifs is 1. The number of hydrogen-bond acceptors (Lipinski definition) is 3. The average Bonchev–Trinajstić information content (AvgIpc) is 3.07. The van der Waals surface area contributed by atoms with Gasteiger partial charge in [0, 0.05) is 6.42 Å². The summed E-state index contributed by atoms with van der Waals surface area (Å²) in [6.07, 6.45) is 2.16. The molecule has 1 heterocycles. The van der Waals surface area contributed by atoms with Crippen molar-refractivity contribution >= 4 is 5.91 Å². The van der Waals surface area contributed by atoms with Crippen LogP contribution in [-0.2, 0) is 17.6 Å². The predicted octanol–water partition coefficient (Wildman–Crippen LogP) is 3.79. The number of amides is 1. The maximum atomic E-state index is 12.2. The summed E-state index contributed by atoms with van der Waals surface area (Å²) in [4.78, 5) is 12.2. The summed E-state index contributed by atoms with van der Waals surface area (Å²) in [6, 6.07) is 14.2. The first kappa shape index (κ1) is 16.4. The Morgan fingerprint density at radius 2 is 1.79 bits per heavy atom. The van der Waals surface area contributed by atoms with E-state index in [9.17, 15) is 4.79 Å². The minimum absolute atomic E-state index is 0.0140. The Kier molecular flexibility index (Phi) is 5.04. The maximum Gasteiger partial charge on any atom is 0.231 e. The van der Waals surface area contributed by atoms with Crippen LogP contribution in [0.5, 0.6) is 11.5 Å². The molecule has 4 nitrogen and oxygen atoms in total. The first-order valence-corrected chi connectivity index (χ1v) is 8.42. The molecule has 24 heavy (non-hydrogen) atoms. The van der Waals surface area contributed by atoms with Crippen molar-refractivity contribution in [2.24, 2.45) is 0 Å². The van der Waals surface area contributed by atoms with Crippen molar-refractivity contribution < 1.29 is 14.3 Å². The van der Waals surface area contributed by atoms with Crippen LogP contribution in [0.15, 0.2) is 42.5 Å². The summed E-state index contributed by atoms with van der Waals surface area (Å²) in [7, 11) is 0. The van der Waals surface area contributed by atoms with Gasteiger partial charge in [-0.15, -0.1) is 0 Å². The molecule has 3 rings (SSSR count). The molecule has 2 aromatic carbocycles. The minimum atomic E-state index is 0.0140. The van der Waals surface area contributed by atoms with Crippen LogP contribution < -0.4 is 14.8 Å². The highest BCUT2D eigenvalue weighted by Crippen LogP contribution is 2.32. The van der Waals surface area contributed by atoms with Gasteiger partial charge in [-0.25, -0.2) is 0 Å². The predicted molar refractivity (Wildman–Crippen MR) is 93.3 cm³/mol. The Labute approximate surface area is 142 Å². The van der Waals surface area contributed by atoms with Crippen LogP contribution >= 0.6 is 0 Å². The number of rotatable bonds is 6. The van der Waals surface area contributed by atoms with E-state index < -0.39 is 0 Å². The summed E-state index contributed by atoms with van der Waals surface area (Å²) >= 11 is 0. The third-order valence-electron chi connectivity index (χ3n) is 4.34. The van der Waals surface area contributed by atoms with Crippen LogP contribution in [0.2, 0.25) is 0 Å². The molecule has 2 aromatic rings. The molecule has 0 aliphatic carbocycles. The van der Waals surface area contributed by atoms with Gasteiger partial charge in [0.15, 0.2) is 11.5 Å². The summed E-state index contributed by atoms with van der Waals surface area (Å²) in [5.41, 5.74) is 3.51. The van der Waals surface area contributed by atoms with Crippen molar-refractivity contribution in [1.29, 1.82) is 0 Å². The Hall–Kier alpha value is -2.49. The molecule has 0 fully saturated rings. The third-order valence-corrected chi connectivity index (χ3v) is 4.34. The molecule has 1 amide bonds. The van der Waals surface area contributed by atoms with E-state index in [-0.39, 0.29) is 18.7 Å². The lowest BCUT2D eigenvalue weighted by molar-refractivity contribution is -0.121. The molecule has 0 aromatic heterocycles. The second-order valence-electron chi connectivity index (χ2n) is 6.07. The van der Waals surface area contributed by atoms with E-state index in [1.165, 1.54) is 5.56 Å². The Morgan fingerprint density at radius 1 is 1.08 bits per heavy atom. The molecule has 0 saturated carbocycles. The van der Waals surface area contributed by atoms with E-state index in [0.29, 0.717) is 12.8 Å². The molecule has 1 atom stereocenters. The van der Waals surface area contributed by atoms with Crippen LogP contribution in [0, 0.1) is 0 Å². The van der Waals surface area contributed by atoms with Crippen molar-refractivity contribution in [3.05, 3.63) is 59.2 Å². The summed E-state index contributed by atoms with van der Waals surface area (Å²) < 4.78 is 10.7. The van der Waals surface area contributed by atoms with Crippen molar-refractivity contribution in [3.8, 4) is 11.5 Å². The fraction of sp³-hybridized carbons (Fsp3) is 0.350. The minimum Gasteiger partial charge on any atom is -0.454 e. The summed E-state index contributed by atoms with van der Waals surface area (Å²) in [5, 5.41) is 3.06. The van der Waals surface area contributed by atoms with Gasteiger partial charge in [-0.2, -0.15) is 0 Å². The van der Waals surface area contributed by atoms with E-state index in [4.69, 9.17) is 9.47 Å². The Morgan fingerprint density at radius 3 is 2.54 bits per heavy atom. The molecule has 126 valence electrons. The van der Waals surface area contributed by atoms with Gasteiger partial charge in [0.25, 0.3) is 0 Å². The number of hydrogen-bond donors (Lipinski definition) is 1. The molecule has 1 aliphatic rings. The average molecular weight is 325 g/mol. The topological polar surface area (TPSA) is 47.6 Å². The quantitative estimate of drug-likeness (QED) is 0.879. The van der Waals surface area contributed by atoms with Gasteiger partial charge < -0.3 is 14.8 Å². The van der Waals surface area contributed by atoms with Gasteiger partial charge in [0.05, 0.1) is 6.04 Å². The van der Waals surface area contributed by atoms with Crippen molar-refractivity contribution in [2.45, 2.75) is 39.2 Å². The van der Waals surface area contributed by atoms with Crippen molar-refractivity contribution in [1.82, 2.24) is 5.32 Å². The molecule has 1 N–H and O–H groups in total. The molecule has 4 heteroatoms. The number of ether oxygens (including phenoxy) is 2. The molecule has 1 aliphatic heterocycles. The number of benzene rings is 2. The molecule has 0 saturated heterocycles. The lowest BCUT2D eigenvalue weighted by Gasteiger charge is -2.15. The zero-order valence-corrected chi connectivity index (χ0v) is 14.2. The molecular weight excluding hydrogens is 302 g/mol. The molecule has 0 spiro atoms. The summed E-state index contributed by atoms with van der Waals surface area (Å²) in [5.74, 6) is 1.59. The standard InChI is InChI=1S/C20H23NO3/c1-3-15-4-8-17(9-5-15)14(2)21-20(22)11-7-16-6-10-18-19(12-16)24-13-23-18/h4-6,8-10,12,14H,3,7,11,13H2,1-2H3,(H,21,22)/t14-/m0/s1. The fourth-order valence-corrected chi connectivity index (χ4v) is 2.79. The third kappa shape index (κ3) is 3.88. The molecule has 0 radical (unpaired) electrons. The highest BCUT2D eigenvalue weighted by atomic mass is 16.7. The number of nitrogens with one attached hydrogen (secondary N) is 1. The number of aryl methyl sites for hydroxylation is 2. The van der Waals surface area contributed by atoms with Gasteiger partial charge in [0.1, 0.15) is 0 Å². The lowest BCUT2D eigenvalue weighted by atomic mass is 10.0. The normalized spacial score (nSPS) is 13.6. The fourth-order valence-electron chi connectivity index (χ4n) is 2.79. The smallest absolute Gasteiger partial charge is 0.231 e. The van der Waals surface area contributed by atoms with Crippen LogP contribution in [0.4, 0.5) is 0 Å². The first-order valence-electron chi connectivity index (χ1n) is 8.42. The van der Waals surface area contributed by atoms with Crippen molar-refractivity contribution in [3.63, 3.8) is 0 Å². The van der Waals surface area contributed by atoms with Gasteiger partial charge in [-0.3, -0.25) is 4.79 Å². The molecule has 0 unspecified atom stereocenters. The van der Waals surface area contributed by atoms with E-state index >= 15 is 0 Å². The largest absolute Gasteiger partial charge is 0.454 e. The molecule has 0 bridgehead atoms. The van der Waals surface area contributed by atoms with Crippen LogP contribution in [0.1, 0.15) is 43.0 Å². The SMILES string of the molecule is CCc1ccc([C@H](C)NC(=O)CCc2ccc3c(c2)OCO3)cc1. The molecular formula is C20H23NO3. The van der Waals surface area contributed by atoms with Crippen molar-refractivity contribution in [2.75, 3.05) is 6.79 Å². The van der Waals surface area contributed by atoms with Crippen LogP contribution in [0.3, 0.4) is 0 Å². The van der Waals surface area contributed by atoms with Gasteiger partial charge in [0.2, 0.25) is 12.7 Å². The monoisotopic (exact) mass is 325 g/mol. The number of carbonyl (C=O) groups is 1. The van der Waals surface area contributed by atoms with E-state index in [1.54, 1.807) is 0 Å². The van der Waals surface area contributed by atoms with Crippen LogP contribution in [0.25, 0.3) is 0 Å². The highest BCUT2D eigenvalue weighted by Gasteiger charge is 2.14. The first-order chi connectivity index (χ1) is 11.7. The van der Waals surface area contributed by atoms with Gasteiger partial charge in [-0.05, 0) is 48.6 Å². The Bertz CT molecular complexity index is 709. The summed E-state index contributed by atoms with van der Waals surface area (Å²) in [6.45, 7) is 4.42. The van der Waals surface area contributed by atoms with E-state index in [2.05, 4.69) is 36.5 Å². The zero-order chi connectivity index (χ0) is 16.9.